The van der Waals surface area contributed by atoms with Crippen LogP contribution in [0.5, 0.6) is 0 Å². The Kier molecular flexibility index (Phi) is 12.5. The molecule has 0 aliphatic carbocycles. The van der Waals surface area contributed by atoms with Crippen LogP contribution < -0.4 is 0 Å². The van der Waals surface area contributed by atoms with Crippen molar-refractivity contribution < 1.29 is 5.21 Å². The van der Waals surface area contributed by atoms with Crippen molar-refractivity contribution in [2.75, 3.05) is 5.34 Å². The van der Waals surface area contributed by atoms with Crippen LogP contribution in [0.25, 0.3) is 27.1 Å². The van der Waals surface area contributed by atoms with Crippen LogP contribution >= 0.6 is 23.2 Å². The van der Waals surface area contributed by atoms with Crippen molar-refractivity contribution in [1.82, 2.24) is 19.1 Å². The lowest BCUT2D eigenvalue weighted by Gasteiger charge is -2.16. The van der Waals surface area contributed by atoms with E-state index in [1.165, 1.54) is 28.5 Å². The molecule has 0 saturated carbocycles. The summed E-state index contributed by atoms with van der Waals surface area (Å²) in [7, 11) is 0. The van der Waals surface area contributed by atoms with Gasteiger partial charge in [-0.2, -0.15) is 0 Å². The van der Waals surface area contributed by atoms with Gasteiger partial charge in [0.15, 0.2) is 0 Å². The molecule has 0 amide bonds. The Morgan fingerprint density at radius 2 is 1.18 bits per heavy atom. The van der Waals surface area contributed by atoms with Crippen LogP contribution in [0.1, 0.15) is 67.3 Å². The average molecular weight is 698 g/mol. The minimum atomic E-state index is 0.194. The Hall–Kier alpha value is -4.84. The zero-order chi connectivity index (χ0) is 35.8. The van der Waals surface area contributed by atoms with Gasteiger partial charge < -0.3 is 19.5 Å². The second-order valence-electron chi connectivity index (χ2n) is 12.0. The minimum absolute atomic E-state index is 0.194. The molecule has 49 heavy (non-hydrogen) atoms. The van der Waals surface area contributed by atoms with Crippen LogP contribution in [0.3, 0.4) is 0 Å². The van der Waals surface area contributed by atoms with E-state index in [1.807, 2.05) is 71.0 Å². The third-order valence-electron chi connectivity index (χ3n) is 8.99. The maximum atomic E-state index is 10.6. The lowest BCUT2D eigenvalue weighted by Crippen LogP contribution is -2.08. The number of aromatic nitrogens is 4. The lowest BCUT2D eigenvalue weighted by atomic mass is 9.94. The van der Waals surface area contributed by atoms with E-state index >= 15 is 0 Å². The summed E-state index contributed by atoms with van der Waals surface area (Å²) in [6.45, 7) is 17.9. The van der Waals surface area contributed by atoms with Crippen LogP contribution in [0.4, 0.5) is 0 Å². The maximum absolute atomic E-state index is 10.6. The van der Waals surface area contributed by atoms with Crippen molar-refractivity contribution >= 4 is 51.5 Å². The SMILES string of the molecule is Cc1cc(C)c(Cn2c(C)nc3ccccc32)c(C)c1/C=N/O.Cc1cc(C)c(Cn2c(C)nc3ccccc32)c(C)c1C#[N+][O-].ClCCl. The molecule has 2 heterocycles. The first-order chi connectivity index (χ1) is 23.5. The Bertz CT molecular complexity index is 2210. The predicted molar refractivity (Wildman–Crippen MR) is 204 cm³/mol. The lowest BCUT2D eigenvalue weighted by molar-refractivity contribution is 0.322. The minimum Gasteiger partial charge on any atom is -0.498 e. The quantitative estimate of drug-likeness (QED) is 0.0840. The van der Waals surface area contributed by atoms with Gasteiger partial charge in [0.2, 0.25) is 0 Å². The van der Waals surface area contributed by atoms with Gasteiger partial charge in [0, 0.05) is 23.7 Å². The third-order valence-corrected chi connectivity index (χ3v) is 8.99. The van der Waals surface area contributed by atoms with E-state index < -0.39 is 0 Å². The molecule has 0 spiro atoms. The molecule has 0 radical (unpaired) electrons. The van der Waals surface area contributed by atoms with Crippen molar-refractivity contribution in [2.24, 2.45) is 5.16 Å². The molecular weight excluding hydrogens is 655 g/mol. The molecule has 0 atom stereocenters. The summed E-state index contributed by atoms with van der Waals surface area (Å²) >= 11 is 9.53. The Labute approximate surface area is 298 Å². The van der Waals surface area contributed by atoms with Crippen LogP contribution in [0, 0.1) is 66.7 Å². The molecule has 6 rings (SSSR count). The summed E-state index contributed by atoms with van der Waals surface area (Å²) < 4.78 is 4.44. The molecule has 0 aliphatic heterocycles. The number of oxime groups is 1. The fourth-order valence-electron chi connectivity index (χ4n) is 6.54. The highest BCUT2D eigenvalue weighted by molar-refractivity contribution is 6.40. The molecule has 0 bridgehead atoms. The van der Waals surface area contributed by atoms with Crippen molar-refractivity contribution in [3.8, 4) is 6.07 Å². The molecule has 2 aromatic heterocycles. The van der Waals surface area contributed by atoms with E-state index in [0.717, 1.165) is 80.2 Å². The number of nitrogens with zero attached hydrogens (tertiary/aromatic N) is 6. The smallest absolute Gasteiger partial charge is 0.337 e. The highest BCUT2D eigenvalue weighted by Gasteiger charge is 2.16. The van der Waals surface area contributed by atoms with Gasteiger partial charge in [-0.1, -0.05) is 41.6 Å². The summed E-state index contributed by atoms with van der Waals surface area (Å²) in [5.74, 6) is 1.98. The van der Waals surface area contributed by atoms with Gasteiger partial charge in [0.05, 0.1) is 33.6 Å². The molecule has 4 aromatic carbocycles. The molecule has 0 unspecified atom stereocenters. The second kappa shape index (κ2) is 16.5. The zero-order valence-corrected chi connectivity index (χ0v) is 30.8. The summed E-state index contributed by atoms with van der Waals surface area (Å²) in [4.78, 5) is 9.27. The molecule has 10 heteroatoms. The van der Waals surface area contributed by atoms with E-state index in [1.54, 1.807) is 0 Å². The first-order valence-corrected chi connectivity index (χ1v) is 16.9. The Balaban J connectivity index is 0.000000205. The van der Waals surface area contributed by atoms with Crippen LogP contribution in [0.15, 0.2) is 65.8 Å². The highest BCUT2D eigenvalue weighted by atomic mass is 35.5. The van der Waals surface area contributed by atoms with Crippen molar-refractivity contribution in [1.29, 1.82) is 0 Å². The normalized spacial score (nSPS) is 10.8. The Morgan fingerprint density at radius 1 is 0.735 bits per heavy atom. The average Bonchev–Trinajstić information content (AvgIpc) is 3.56. The largest absolute Gasteiger partial charge is 0.498 e. The monoisotopic (exact) mass is 696 g/mol. The second-order valence-corrected chi connectivity index (χ2v) is 12.8. The van der Waals surface area contributed by atoms with E-state index in [4.69, 9.17) is 28.4 Å². The molecule has 8 nitrogen and oxygen atoms in total. The van der Waals surface area contributed by atoms with E-state index in [-0.39, 0.29) is 5.34 Å². The highest BCUT2D eigenvalue weighted by Crippen LogP contribution is 2.27. The number of benzene rings is 4. The predicted octanol–water partition coefficient (Wildman–Crippen LogP) is 10.0. The fourth-order valence-corrected chi connectivity index (χ4v) is 6.54. The Morgan fingerprint density at radius 3 is 1.65 bits per heavy atom. The molecule has 0 saturated heterocycles. The van der Waals surface area contributed by atoms with Crippen molar-refractivity contribution in [3.63, 3.8) is 0 Å². The maximum Gasteiger partial charge on any atom is 0.337 e. The molecule has 0 fully saturated rings. The zero-order valence-electron chi connectivity index (χ0n) is 29.3. The van der Waals surface area contributed by atoms with Crippen molar-refractivity contribution in [2.45, 2.75) is 68.5 Å². The number of alkyl halides is 2. The topological polar surface area (TPSA) is 95.6 Å². The number of hydrogen-bond acceptors (Lipinski definition) is 5. The number of imidazole rings is 2. The van der Waals surface area contributed by atoms with E-state index in [0.29, 0.717) is 0 Å². The van der Waals surface area contributed by atoms with Gasteiger partial charge >= 0.3 is 6.07 Å². The van der Waals surface area contributed by atoms with Gasteiger partial charge in [-0.05, 0) is 124 Å². The van der Waals surface area contributed by atoms with E-state index in [9.17, 15) is 5.21 Å². The van der Waals surface area contributed by atoms with E-state index in [2.05, 4.69) is 80.4 Å². The van der Waals surface area contributed by atoms with Crippen LogP contribution in [-0.2, 0) is 13.1 Å². The van der Waals surface area contributed by atoms with Crippen molar-refractivity contribution in [3.05, 3.63) is 138 Å². The summed E-state index contributed by atoms with van der Waals surface area (Å²) in [5, 5.41) is 25.8. The summed E-state index contributed by atoms with van der Waals surface area (Å²) in [5.41, 5.74) is 15.3. The first kappa shape index (κ1) is 37.0. The van der Waals surface area contributed by atoms with Gasteiger partial charge in [-0.3, -0.25) is 0 Å². The van der Waals surface area contributed by atoms with Crippen LogP contribution in [0.2, 0.25) is 0 Å². The van der Waals surface area contributed by atoms with Crippen LogP contribution in [-0.4, -0.2) is 35.9 Å². The molecule has 1 N–H and O–H groups in total. The number of para-hydroxylation sites is 4. The van der Waals surface area contributed by atoms with Gasteiger partial charge in [0.25, 0.3) is 0 Å². The standard InChI is InChI=1S/C19H21N3O.C19H19N3O.CH2Cl2/c2*1-12-9-13(2)17(14(3)16(12)10-20-23)11-22-15(4)21-18-7-5-6-8-19(18)22;2-1-3/h5-10,23H,11H2,1-4H3;5-9H,11H2,1-4H3;1H2/b20-10+;;. The first-order valence-electron chi connectivity index (χ1n) is 15.9. The number of aryl methyl sites for hydroxylation is 6. The summed E-state index contributed by atoms with van der Waals surface area (Å²) in [6.07, 6.45) is 1.52. The molecular formula is C39H42Cl2N6O2. The van der Waals surface area contributed by atoms with Gasteiger partial charge in [-0.15, -0.1) is 23.2 Å². The number of fused-ring (bicyclic) bond motifs is 2. The molecule has 254 valence electrons. The summed E-state index contributed by atoms with van der Waals surface area (Å²) in [6, 6.07) is 23.1. The number of hydrogen-bond donors (Lipinski definition) is 1. The fraction of sp³-hybridized carbons (Fsp3) is 0.282. The molecule has 6 aromatic rings. The van der Waals surface area contributed by atoms with Gasteiger partial charge in [0.1, 0.15) is 17.2 Å². The number of rotatable bonds is 5. The number of halogens is 2. The van der Waals surface area contributed by atoms with Gasteiger partial charge in [-0.25, -0.2) is 9.97 Å². The third kappa shape index (κ3) is 8.07. The molecule has 0 aliphatic rings.